The lowest BCUT2D eigenvalue weighted by Crippen LogP contribution is -2.13. The van der Waals surface area contributed by atoms with Gasteiger partial charge in [-0.3, -0.25) is 0 Å². The zero-order valence-corrected chi connectivity index (χ0v) is 18.9. The molecule has 0 amide bonds. The summed E-state index contributed by atoms with van der Waals surface area (Å²) in [4.78, 5) is 4.35. The van der Waals surface area contributed by atoms with E-state index in [0.29, 0.717) is 0 Å². The van der Waals surface area contributed by atoms with E-state index in [1.54, 1.807) is 0 Å². The third-order valence-corrected chi connectivity index (χ3v) is 5.97. The van der Waals surface area contributed by atoms with Gasteiger partial charge in [-0.1, -0.05) is 30.4 Å². The molecule has 2 aromatic carbocycles. The van der Waals surface area contributed by atoms with Crippen LogP contribution in [0.1, 0.15) is 34.2 Å². The number of likely N-dealkylation sites (N-methyl/N-ethyl adjacent to an activating group) is 1. The first-order valence-electron chi connectivity index (χ1n) is 10.2. The van der Waals surface area contributed by atoms with E-state index in [0.717, 1.165) is 29.8 Å². The first-order chi connectivity index (χ1) is 13.7. The highest BCUT2D eigenvalue weighted by molar-refractivity contribution is 6.01. The van der Waals surface area contributed by atoms with Crippen LogP contribution < -0.4 is 4.90 Å². The number of aryl methyl sites for hydroxylation is 1. The maximum Gasteiger partial charge on any atom is 0.0447 e. The number of hydrogen-bond donors (Lipinski definition) is 1. The highest BCUT2D eigenvalue weighted by Crippen LogP contribution is 2.41. The van der Waals surface area contributed by atoms with Crippen molar-refractivity contribution in [2.45, 2.75) is 27.2 Å². The van der Waals surface area contributed by atoms with Crippen molar-refractivity contribution in [1.29, 1.82) is 5.41 Å². The molecule has 0 saturated heterocycles. The zero-order valence-electron chi connectivity index (χ0n) is 18.9. The number of allylic oxidation sites excluding steroid dienone is 2. The molecule has 0 saturated carbocycles. The van der Waals surface area contributed by atoms with Crippen molar-refractivity contribution in [3.63, 3.8) is 0 Å². The fourth-order valence-corrected chi connectivity index (χ4v) is 4.17. The van der Waals surface area contributed by atoms with Crippen LogP contribution in [0.5, 0.6) is 0 Å². The smallest absolute Gasteiger partial charge is 0.0447 e. The lowest BCUT2D eigenvalue weighted by molar-refractivity contribution is 0.449. The molecule has 152 valence electrons. The van der Waals surface area contributed by atoms with Gasteiger partial charge in [0, 0.05) is 43.7 Å². The second-order valence-electron chi connectivity index (χ2n) is 8.53. The Labute approximate surface area is 175 Å². The van der Waals surface area contributed by atoms with Crippen molar-refractivity contribution in [1.82, 2.24) is 4.90 Å². The maximum atomic E-state index is 8.31. The molecule has 0 radical (unpaired) electrons. The second kappa shape index (κ2) is 8.38. The minimum Gasteiger partial charge on any atom is -0.377 e. The largest absolute Gasteiger partial charge is 0.377 e. The molecule has 0 fully saturated rings. The molecule has 0 atom stereocenters. The first kappa shape index (κ1) is 21.1. The van der Waals surface area contributed by atoms with Gasteiger partial charge in [-0.05, 0) is 86.3 Å². The van der Waals surface area contributed by atoms with E-state index in [-0.39, 0.29) is 0 Å². The van der Waals surface area contributed by atoms with Crippen LogP contribution in [0.15, 0.2) is 42.0 Å². The van der Waals surface area contributed by atoms with Gasteiger partial charge >= 0.3 is 0 Å². The quantitative estimate of drug-likeness (QED) is 0.652. The zero-order chi connectivity index (χ0) is 21.3. The van der Waals surface area contributed by atoms with Crippen molar-refractivity contribution >= 4 is 17.5 Å². The summed E-state index contributed by atoms with van der Waals surface area (Å²) in [6.07, 6.45) is 7.08. The summed E-state index contributed by atoms with van der Waals surface area (Å²) in [7, 11) is 8.35. The molecule has 1 N–H and O–H groups in total. The highest BCUT2D eigenvalue weighted by atomic mass is 15.1. The molecule has 0 spiro atoms. The highest BCUT2D eigenvalue weighted by Gasteiger charge is 2.20. The SMILES string of the molecule is Cc1ccc(-c2c(N(C)C)ccc(C3=CC(CN(C)C)=CC3)c2C=N)c(C)c1C. The van der Waals surface area contributed by atoms with Gasteiger partial charge in [0.15, 0.2) is 0 Å². The first-order valence-corrected chi connectivity index (χ1v) is 10.2. The Morgan fingerprint density at radius 1 is 0.931 bits per heavy atom. The molecule has 0 bridgehead atoms. The van der Waals surface area contributed by atoms with Gasteiger partial charge in [0.25, 0.3) is 0 Å². The lowest BCUT2D eigenvalue weighted by Gasteiger charge is -2.24. The average Bonchev–Trinajstić information content (AvgIpc) is 3.12. The van der Waals surface area contributed by atoms with Gasteiger partial charge in [0.2, 0.25) is 0 Å². The molecule has 29 heavy (non-hydrogen) atoms. The topological polar surface area (TPSA) is 30.3 Å². The van der Waals surface area contributed by atoms with Crippen molar-refractivity contribution in [2.24, 2.45) is 0 Å². The van der Waals surface area contributed by atoms with Gasteiger partial charge in [0.1, 0.15) is 0 Å². The van der Waals surface area contributed by atoms with Gasteiger partial charge in [-0.2, -0.15) is 0 Å². The van der Waals surface area contributed by atoms with Crippen molar-refractivity contribution in [2.75, 3.05) is 39.6 Å². The summed E-state index contributed by atoms with van der Waals surface area (Å²) in [5.41, 5.74) is 12.3. The summed E-state index contributed by atoms with van der Waals surface area (Å²) in [6, 6.07) is 8.81. The van der Waals surface area contributed by atoms with E-state index in [9.17, 15) is 0 Å². The Kier molecular flexibility index (Phi) is 6.09. The molecule has 1 aliphatic rings. The molecule has 1 aliphatic carbocycles. The molecular weight excluding hydrogens is 354 g/mol. The molecule has 3 nitrogen and oxygen atoms in total. The Morgan fingerprint density at radius 2 is 1.62 bits per heavy atom. The molecule has 3 rings (SSSR count). The van der Waals surface area contributed by atoms with Gasteiger partial charge in [0.05, 0.1) is 0 Å². The van der Waals surface area contributed by atoms with Crippen LogP contribution in [0, 0.1) is 26.2 Å². The van der Waals surface area contributed by atoms with Crippen molar-refractivity contribution in [3.05, 3.63) is 69.8 Å². The lowest BCUT2D eigenvalue weighted by atomic mass is 9.86. The summed E-state index contributed by atoms with van der Waals surface area (Å²) in [5, 5.41) is 8.31. The Balaban J connectivity index is 2.22. The molecule has 0 aliphatic heterocycles. The van der Waals surface area contributed by atoms with Gasteiger partial charge < -0.3 is 15.2 Å². The van der Waals surface area contributed by atoms with E-state index in [1.807, 2.05) is 0 Å². The summed E-state index contributed by atoms with van der Waals surface area (Å²) in [5.74, 6) is 0. The van der Waals surface area contributed by atoms with Crippen molar-refractivity contribution in [3.8, 4) is 11.1 Å². The van der Waals surface area contributed by atoms with E-state index in [1.165, 1.54) is 45.2 Å². The van der Waals surface area contributed by atoms with E-state index in [2.05, 4.69) is 95.2 Å². The monoisotopic (exact) mass is 387 g/mol. The van der Waals surface area contributed by atoms with Crippen LogP contribution in [-0.2, 0) is 0 Å². The predicted octanol–water partition coefficient (Wildman–Crippen LogP) is 5.62. The number of anilines is 1. The predicted molar refractivity (Wildman–Crippen MR) is 128 cm³/mol. The molecule has 0 aromatic heterocycles. The molecular formula is C26H33N3. The maximum absolute atomic E-state index is 8.31. The third-order valence-electron chi connectivity index (χ3n) is 5.97. The minimum atomic E-state index is 0.927. The molecule has 2 aromatic rings. The van der Waals surface area contributed by atoms with Crippen LogP contribution in [0.2, 0.25) is 0 Å². The Hall–Kier alpha value is -2.65. The normalized spacial score (nSPS) is 13.5. The molecule has 0 heterocycles. The van der Waals surface area contributed by atoms with Crippen LogP contribution in [-0.4, -0.2) is 45.8 Å². The Bertz CT molecular complexity index is 1010. The number of hydrogen-bond acceptors (Lipinski definition) is 3. The van der Waals surface area contributed by atoms with Gasteiger partial charge in [-0.15, -0.1) is 0 Å². The summed E-state index contributed by atoms with van der Waals surface area (Å²) >= 11 is 0. The Morgan fingerprint density at radius 3 is 2.24 bits per heavy atom. The summed E-state index contributed by atoms with van der Waals surface area (Å²) < 4.78 is 0. The fourth-order valence-electron chi connectivity index (χ4n) is 4.17. The number of nitrogens with zero attached hydrogens (tertiary/aromatic N) is 2. The van der Waals surface area contributed by atoms with Crippen molar-refractivity contribution < 1.29 is 0 Å². The number of nitrogens with one attached hydrogen (secondary N) is 1. The minimum absolute atomic E-state index is 0.927. The van der Waals surface area contributed by atoms with Crippen LogP contribution in [0.25, 0.3) is 16.7 Å². The van der Waals surface area contributed by atoms with E-state index in [4.69, 9.17) is 5.41 Å². The summed E-state index contributed by atoms with van der Waals surface area (Å²) in [6.45, 7) is 7.49. The van der Waals surface area contributed by atoms with E-state index >= 15 is 0 Å². The molecule has 0 unspecified atom stereocenters. The molecule has 3 heteroatoms. The van der Waals surface area contributed by atoms with Gasteiger partial charge in [-0.25, -0.2) is 0 Å². The van der Waals surface area contributed by atoms with Crippen LogP contribution >= 0.6 is 0 Å². The standard InChI is InChI=1S/C26H33N3/c1-17-8-11-22(19(3)18(17)2)26-24(15-27)23(12-13-25(26)29(6)7)21-10-9-20(14-21)16-28(4)5/h8-9,11-15,27H,10,16H2,1-7H3. The van der Waals surface area contributed by atoms with Crippen LogP contribution in [0.4, 0.5) is 5.69 Å². The third kappa shape index (κ3) is 4.06. The average molecular weight is 388 g/mol. The second-order valence-corrected chi connectivity index (χ2v) is 8.53. The van der Waals surface area contributed by atoms with E-state index < -0.39 is 0 Å². The fraction of sp³-hybridized carbons (Fsp3) is 0.346. The number of rotatable bonds is 6. The number of benzene rings is 2. The van der Waals surface area contributed by atoms with Crippen LogP contribution in [0.3, 0.4) is 0 Å².